The Labute approximate surface area is 91.6 Å². The number of ether oxygens (including phenoxy) is 2. The van der Waals surface area contributed by atoms with Gasteiger partial charge in [-0.05, 0) is 18.5 Å². The summed E-state index contributed by atoms with van der Waals surface area (Å²) in [5.74, 6) is -0.188. The molecule has 0 saturated heterocycles. The topological polar surface area (TPSA) is 74.2 Å². The molecule has 0 radical (unpaired) electrons. The predicted octanol–water partition coefficient (Wildman–Crippen LogP) is 0.639. The van der Waals surface area contributed by atoms with Crippen molar-refractivity contribution in [3.05, 3.63) is 11.1 Å². The van der Waals surface area contributed by atoms with E-state index in [9.17, 15) is 4.79 Å². The van der Waals surface area contributed by atoms with Gasteiger partial charge in [0.1, 0.15) is 12.2 Å². The average molecular weight is 232 g/mol. The molecule has 0 spiro atoms. The largest absolute Gasteiger partial charge is 0.467 e. The quantitative estimate of drug-likeness (QED) is 0.708. The number of nitrogens with zero attached hydrogens (tertiary/aromatic N) is 3. The molecule has 82 valence electrons. The first-order valence-electron chi connectivity index (χ1n) is 4.25. The Kier molecular flexibility index (Phi) is 4.23. The third-order valence-corrected chi connectivity index (χ3v) is 1.59. The molecule has 1 aromatic rings. The average Bonchev–Trinajstić information content (AvgIpc) is 2.17. The van der Waals surface area contributed by atoms with E-state index < -0.39 is 5.97 Å². The van der Waals surface area contributed by atoms with Gasteiger partial charge in [0.15, 0.2) is 0 Å². The van der Waals surface area contributed by atoms with Crippen molar-refractivity contribution < 1.29 is 14.3 Å². The van der Waals surface area contributed by atoms with Crippen molar-refractivity contribution in [2.24, 2.45) is 0 Å². The number of hydrogen-bond donors (Lipinski definition) is 0. The van der Waals surface area contributed by atoms with E-state index in [1.165, 1.54) is 7.11 Å². The first-order chi connectivity index (χ1) is 7.15. The molecule has 7 heteroatoms. The van der Waals surface area contributed by atoms with Crippen LogP contribution in [0.3, 0.4) is 0 Å². The van der Waals surface area contributed by atoms with E-state index in [1.54, 1.807) is 6.92 Å². The highest BCUT2D eigenvalue weighted by atomic mass is 35.5. The second-order valence-corrected chi connectivity index (χ2v) is 2.83. The molecule has 6 nitrogen and oxygen atoms in total. The lowest BCUT2D eigenvalue weighted by Gasteiger charge is -2.02. The number of carbonyl (C=O) groups is 1. The Morgan fingerprint density at radius 3 is 2.73 bits per heavy atom. The van der Waals surface area contributed by atoms with Crippen molar-refractivity contribution in [2.75, 3.05) is 13.7 Å². The molecule has 0 atom stereocenters. The number of carbonyl (C=O) groups excluding carboxylic acids is 1. The second kappa shape index (κ2) is 5.45. The Hall–Kier alpha value is -1.43. The van der Waals surface area contributed by atoms with Crippen molar-refractivity contribution >= 4 is 17.6 Å². The fourth-order valence-electron chi connectivity index (χ4n) is 0.882. The van der Waals surface area contributed by atoms with E-state index in [1.807, 2.05) is 0 Å². The van der Waals surface area contributed by atoms with Gasteiger partial charge in [-0.1, -0.05) is 0 Å². The van der Waals surface area contributed by atoms with Crippen LogP contribution in [-0.4, -0.2) is 34.6 Å². The Balaban J connectivity index is 2.76. The number of esters is 1. The molecule has 0 aliphatic heterocycles. The molecule has 0 fully saturated rings. The minimum Gasteiger partial charge on any atom is -0.467 e. The van der Waals surface area contributed by atoms with Gasteiger partial charge in [0.2, 0.25) is 5.28 Å². The molecular formula is C8H10ClN3O3. The van der Waals surface area contributed by atoms with E-state index in [2.05, 4.69) is 15.0 Å². The monoisotopic (exact) mass is 231 g/mol. The van der Waals surface area contributed by atoms with Crippen LogP contribution < -0.4 is 4.74 Å². The second-order valence-electron chi connectivity index (χ2n) is 2.49. The summed E-state index contributed by atoms with van der Waals surface area (Å²) in [4.78, 5) is 22.4. The molecule has 0 aliphatic rings. The summed E-state index contributed by atoms with van der Waals surface area (Å²) in [5, 5.41) is -0.0128. The number of methoxy groups -OCH3 is 1. The van der Waals surface area contributed by atoms with Crippen molar-refractivity contribution in [3.63, 3.8) is 0 Å². The van der Waals surface area contributed by atoms with Gasteiger partial charge < -0.3 is 9.47 Å². The van der Waals surface area contributed by atoms with Gasteiger partial charge in [-0.25, -0.2) is 4.98 Å². The summed E-state index contributed by atoms with van der Waals surface area (Å²) in [6.45, 7) is 2.04. The summed E-state index contributed by atoms with van der Waals surface area (Å²) in [6, 6.07) is 0.0781. The minimum atomic E-state index is -0.415. The van der Waals surface area contributed by atoms with Gasteiger partial charge in [0.25, 0.3) is 0 Å². The number of halogens is 1. The van der Waals surface area contributed by atoms with Crippen LogP contribution in [0.5, 0.6) is 6.01 Å². The standard InChI is InChI=1S/C8H10ClN3O3/c1-3-15-6(13)4-5-10-7(9)12-8(11-5)14-2/h3-4H2,1-2H3. The highest BCUT2D eigenvalue weighted by Gasteiger charge is 2.10. The zero-order valence-electron chi connectivity index (χ0n) is 8.36. The van der Waals surface area contributed by atoms with E-state index in [0.717, 1.165) is 0 Å². The van der Waals surface area contributed by atoms with Gasteiger partial charge in [-0.15, -0.1) is 0 Å². The molecule has 0 bridgehead atoms. The molecule has 15 heavy (non-hydrogen) atoms. The van der Waals surface area contributed by atoms with Crippen LogP contribution >= 0.6 is 11.6 Å². The molecule has 0 amide bonds. The van der Waals surface area contributed by atoms with Crippen LogP contribution in [0.25, 0.3) is 0 Å². The summed E-state index contributed by atoms with van der Waals surface area (Å²) in [6.07, 6.45) is -0.0492. The molecule has 0 aliphatic carbocycles. The number of rotatable bonds is 4. The Morgan fingerprint density at radius 1 is 1.40 bits per heavy atom. The zero-order valence-corrected chi connectivity index (χ0v) is 9.11. The molecule has 1 rings (SSSR count). The molecule has 0 aromatic carbocycles. The van der Waals surface area contributed by atoms with Crippen molar-refractivity contribution in [3.8, 4) is 6.01 Å². The predicted molar refractivity (Wildman–Crippen MR) is 51.7 cm³/mol. The highest BCUT2D eigenvalue weighted by molar-refractivity contribution is 6.28. The molecule has 0 N–H and O–H groups in total. The maximum atomic E-state index is 11.1. The van der Waals surface area contributed by atoms with Crippen molar-refractivity contribution in [1.82, 2.24) is 15.0 Å². The van der Waals surface area contributed by atoms with Gasteiger partial charge in [-0.3, -0.25) is 4.79 Å². The first-order valence-corrected chi connectivity index (χ1v) is 4.63. The van der Waals surface area contributed by atoms with E-state index in [0.29, 0.717) is 6.61 Å². The zero-order chi connectivity index (χ0) is 11.3. The molecule has 0 saturated carbocycles. The lowest BCUT2D eigenvalue weighted by molar-refractivity contribution is -0.142. The normalized spacial score (nSPS) is 9.80. The summed E-state index contributed by atoms with van der Waals surface area (Å²) >= 11 is 5.59. The molecule has 0 unspecified atom stereocenters. The lowest BCUT2D eigenvalue weighted by atomic mass is 10.4. The smallest absolute Gasteiger partial charge is 0.320 e. The summed E-state index contributed by atoms with van der Waals surface area (Å²) in [7, 11) is 1.40. The van der Waals surface area contributed by atoms with Crippen LogP contribution in [-0.2, 0) is 16.0 Å². The maximum Gasteiger partial charge on any atom is 0.320 e. The lowest BCUT2D eigenvalue weighted by Crippen LogP contribution is -2.11. The third kappa shape index (κ3) is 3.67. The van der Waals surface area contributed by atoms with E-state index in [-0.39, 0.29) is 23.5 Å². The molecular weight excluding hydrogens is 222 g/mol. The van der Waals surface area contributed by atoms with Crippen LogP contribution in [0, 0.1) is 0 Å². The third-order valence-electron chi connectivity index (χ3n) is 1.42. The van der Waals surface area contributed by atoms with Crippen LogP contribution in [0.15, 0.2) is 0 Å². The highest BCUT2D eigenvalue weighted by Crippen LogP contribution is 2.08. The number of aromatic nitrogens is 3. The van der Waals surface area contributed by atoms with Crippen LogP contribution in [0.4, 0.5) is 0 Å². The summed E-state index contributed by atoms with van der Waals surface area (Å²) in [5.41, 5.74) is 0. The SMILES string of the molecule is CCOC(=O)Cc1nc(Cl)nc(OC)n1. The molecule has 1 heterocycles. The van der Waals surface area contributed by atoms with Crippen molar-refractivity contribution in [1.29, 1.82) is 0 Å². The number of hydrogen-bond acceptors (Lipinski definition) is 6. The molecule has 1 aromatic heterocycles. The van der Waals surface area contributed by atoms with Crippen LogP contribution in [0.1, 0.15) is 12.7 Å². The van der Waals surface area contributed by atoms with Gasteiger partial charge in [-0.2, -0.15) is 9.97 Å². The van der Waals surface area contributed by atoms with E-state index >= 15 is 0 Å². The Bertz CT molecular complexity index is 359. The minimum absolute atomic E-state index is 0.0128. The fourth-order valence-corrected chi connectivity index (χ4v) is 1.05. The Morgan fingerprint density at radius 2 is 2.13 bits per heavy atom. The van der Waals surface area contributed by atoms with Crippen molar-refractivity contribution in [2.45, 2.75) is 13.3 Å². The fraction of sp³-hybridized carbons (Fsp3) is 0.500. The van der Waals surface area contributed by atoms with Crippen LogP contribution in [0.2, 0.25) is 5.28 Å². The first kappa shape index (κ1) is 11.6. The van der Waals surface area contributed by atoms with Gasteiger partial charge in [0, 0.05) is 0 Å². The maximum absolute atomic E-state index is 11.1. The van der Waals surface area contributed by atoms with Gasteiger partial charge >= 0.3 is 12.0 Å². The van der Waals surface area contributed by atoms with Gasteiger partial charge in [0.05, 0.1) is 13.7 Å². The summed E-state index contributed by atoms with van der Waals surface area (Å²) < 4.78 is 9.51. The van der Waals surface area contributed by atoms with E-state index in [4.69, 9.17) is 21.1 Å².